The number of nitrogens with one attached hydrogen (secondary N) is 1. The lowest BCUT2D eigenvalue weighted by Crippen LogP contribution is -2.18. The van der Waals surface area contributed by atoms with Crippen LogP contribution in [0.3, 0.4) is 0 Å². The zero-order chi connectivity index (χ0) is 17.5. The van der Waals surface area contributed by atoms with Crippen molar-refractivity contribution < 1.29 is 9.47 Å². The normalized spacial score (nSPS) is 12.4. The summed E-state index contributed by atoms with van der Waals surface area (Å²) in [6.45, 7) is 8.02. The monoisotopic (exact) mass is 331 g/mol. The molecule has 0 aliphatic carbocycles. The number of benzene rings is 1. The van der Waals surface area contributed by atoms with E-state index in [9.17, 15) is 0 Å². The number of rotatable bonds is 9. The molecule has 5 nitrogen and oxygen atoms in total. The van der Waals surface area contributed by atoms with Crippen molar-refractivity contribution in [2.24, 2.45) is 13.0 Å². The minimum absolute atomic E-state index is 0.212. The van der Waals surface area contributed by atoms with Gasteiger partial charge in [-0.1, -0.05) is 19.9 Å². The first-order valence-corrected chi connectivity index (χ1v) is 8.51. The van der Waals surface area contributed by atoms with Crippen molar-refractivity contribution in [2.45, 2.75) is 39.8 Å². The largest absolute Gasteiger partial charge is 0.493 e. The Kier molecular flexibility index (Phi) is 6.67. The van der Waals surface area contributed by atoms with Gasteiger partial charge in [0.1, 0.15) is 0 Å². The van der Waals surface area contributed by atoms with E-state index in [0.29, 0.717) is 12.5 Å². The van der Waals surface area contributed by atoms with Crippen LogP contribution in [0.2, 0.25) is 0 Å². The number of ether oxygens (including phenoxy) is 2. The number of aryl methyl sites for hydroxylation is 1. The Labute approximate surface area is 145 Å². The molecule has 2 rings (SSSR count). The number of hydrogen-bond acceptors (Lipinski definition) is 4. The van der Waals surface area contributed by atoms with Crippen LogP contribution in [0.4, 0.5) is 0 Å². The van der Waals surface area contributed by atoms with Gasteiger partial charge >= 0.3 is 0 Å². The number of nitrogens with zero attached hydrogens (tertiary/aromatic N) is 2. The summed E-state index contributed by atoms with van der Waals surface area (Å²) >= 11 is 0. The first kappa shape index (κ1) is 18.3. The number of methoxy groups -OCH3 is 1. The Morgan fingerprint density at radius 1 is 1.21 bits per heavy atom. The summed E-state index contributed by atoms with van der Waals surface area (Å²) in [6, 6.07) is 6.35. The first-order valence-electron chi connectivity index (χ1n) is 8.51. The average molecular weight is 331 g/mol. The molecular formula is C19H29N3O2. The van der Waals surface area contributed by atoms with E-state index in [2.05, 4.69) is 37.3 Å². The van der Waals surface area contributed by atoms with Crippen LogP contribution in [0.25, 0.3) is 0 Å². The lowest BCUT2D eigenvalue weighted by Gasteiger charge is -2.17. The quantitative estimate of drug-likeness (QED) is 0.761. The van der Waals surface area contributed by atoms with Gasteiger partial charge in [0.15, 0.2) is 11.5 Å². The zero-order valence-corrected chi connectivity index (χ0v) is 15.4. The predicted octanol–water partition coefficient (Wildman–Crippen LogP) is 3.70. The highest BCUT2D eigenvalue weighted by atomic mass is 16.5. The molecule has 0 aliphatic heterocycles. The summed E-state index contributed by atoms with van der Waals surface area (Å²) in [5, 5.41) is 7.69. The van der Waals surface area contributed by atoms with Crippen molar-refractivity contribution in [3.63, 3.8) is 0 Å². The highest BCUT2D eigenvalue weighted by Gasteiger charge is 2.11. The minimum atomic E-state index is 0.212. The fourth-order valence-electron chi connectivity index (χ4n) is 2.43. The summed E-state index contributed by atoms with van der Waals surface area (Å²) in [7, 11) is 3.61. The standard InChI is InChI=1S/C19H29N3O2/c1-14(2)8-9-24-18-7-6-17(10-19(18)23-5)15(3)20-11-16-12-21-22(4)13-16/h6-7,10,12-15,20H,8-9,11H2,1-5H3. The molecule has 132 valence electrons. The van der Waals surface area contributed by atoms with Crippen LogP contribution in [-0.4, -0.2) is 23.5 Å². The first-order chi connectivity index (χ1) is 11.5. The van der Waals surface area contributed by atoms with E-state index in [1.165, 1.54) is 11.1 Å². The third kappa shape index (κ3) is 5.27. The maximum absolute atomic E-state index is 5.85. The summed E-state index contributed by atoms with van der Waals surface area (Å²) in [5.41, 5.74) is 2.34. The molecule has 0 bridgehead atoms. The van der Waals surface area contributed by atoms with Crippen molar-refractivity contribution in [1.29, 1.82) is 0 Å². The van der Waals surface area contributed by atoms with Crippen molar-refractivity contribution in [3.8, 4) is 11.5 Å². The van der Waals surface area contributed by atoms with Gasteiger partial charge in [0, 0.05) is 31.4 Å². The summed E-state index contributed by atoms with van der Waals surface area (Å²) in [6.07, 6.45) is 4.94. The maximum atomic E-state index is 5.85. The molecule has 0 saturated carbocycles. The van der Waals surface area contributed by atoms with Crippen LogP contribution < -0.4 is 14.8 Å². The molecule has 1 unspecified atom stereocenters. The van der Waals surface area contributed by atoms with Gasteiger partial charge in [0.05, 0.1) is 19.9 Å². The molecule has 0 radical (unpaired) electrons. The van der Waals surface area contributed by atoms with Crippen LogP contribution in [0.5, 0.6) is 11.5 Å². The maximum Gasteiger partial charge on any atom is 0.161 e. The van der Waals surface area contributed by atoms with Gasteiger partial charge in [-0.25, -0.2) is 0 Å². The van der Waals surface area contributed by atoms with E-state index < -0.39 is 0 Å². The van der Waals surface area contributed by atoms with E-state index in [0.717, 1.165) is 24.5 Å². The number of aromatic nitrogens is 2. The zero-order valence-electron chi connectivity index (χ0n) is 15.4. The van der Waals surface area contributed by atoms with Crippen molar-refractivity contribution in [3.05, 3.63) is 41.7 Å². The average Bonchev–Trinajstić information content (AvgIpc) is 2.98. The van der Waals surface area contributed by atoms with E-state index in [1.54, 1.807) is 7.11 Å². The Morgan fingerprint density at radius 2 is 2.00 bits per heavy atom. The van der Waals surface area contributed by atoms with Crippen LogP contribution in [-0.2, 0) is 13.6 Å². The van der Waals surface area contributed by atoms with Gasteiger partial charge in [-0.05, 0) is 37.0 Å². The van der Waals surface area contributed by atoms with Gasteiger partial charge in [-0.2, -0.15) is 5.10 Å². The molecule has 1 N–H and O–H groups in total. The second-order valence-electron chi connectivity index (χ2n) is 6.57. The molecule has 2 aromatic rings. The predicted molar refractivity (Wildman–Crippen MR) is 96.4 cm³/mol. The van der Waals surface area contributed by atoms with Gasteiger partial charge < -0.3 is 14.8 Å². The van der Waals surface area contributed by atoms with Gasteiger partial charge in [0.2, 0.25) is 0 Å². The van der Waals surface area contributed by atoms with E-state index in [1.807, 2.05) is 36.3 Å². The highest BCUT2D eigenvalue weighted by Crippen LogP contribution is 2.30. The van der Waals surface area contributed by atoms with Crippen molar-refractivity contribution in [2.75, 3.05) is 13.7 Å². The summed E-state index contributed by atoms with van der Waals surface area (Å²) < 4.78 is 13.2. The summed E-state index contributed by atoms with van der Waals surface area (Å²) in [5.74, 6) is 2.22. The van der Waals surface area contributed by atoms with Gasteiger partial charge in [-0.3, -0.25) is 4.68 Å². The number of hydrogen-bond donors (Lipinski definition) is 1. The Balaban J connectivity index is 1.96. The molecular weight excluding hydrogens is 302 g/mol. The van der Waals surface area contributed by atoms with E-state index >= 15 is 0 Å². The smallest absolute Gasteiger partial charge is 0.161 e. The van der Waals surface area contributed by atoms with Gasteiger partial charge in [0.25, 0.3) is 0 Å². The lowest BCUT2D eigenvalue weighted by atomic mass is 10.1. The van der Waals surface area contributed by atoms with Crippen molar-refractivity contribution >= 4 is 0 Å². The Hall–Kier alpha value is -2.01. The third-order valence-corrected chi connectivity index (χ3v) is 4.01. The fourth-order valence-corrected chi connectivity index (χ4v) is 2.43. The summed E-state index contributed by atoms with van der Waals surface area (Å²) in [4.78, 5) is 0. The second kappa shape index (κ2) is 8.73. The van der Waals surface area contributed by atoms with Crippen LogP contribution in [0, 0.1) is 5.92 Å². The SMILES string of the molecule is COc1cc(C(C)NCc2cnn(C)c2)ccc1OCCC(C)C. The topological polar surface area (TPSA) is 48.3 Å². The Bertz CT molecular complexity index is 637. The molecule has 0 saturated heterocycles. The molecule has 0 amide bonds. The molecule has 1 heterocycles. The molecule has 0 fully saturated rings. The molecule has 1 atom stereocenters. The molecule has 5 heteroatoms. The fraction of sp³-hybridized carbons (Fsp3) is 0.526. The van der Waals surface area contributed by atoms with E-state index in [4.69, 9.17) is 9.47 Å². The van der Waals surface area contributed by atoms with Crippen LogP contribution in [0.1, 0.15) is 44.4 Å². The highest BCUT2D eigenvalue weighted by molar-refractivity contribution is 5.43. The van der Waals surface area contributed by atoms with Crippen molar-refractivity contribution in [1.82, 2.24) is 15.1 Å². The molecule has 24 heavy (non-hydrogen) atoms. The van der Waals surface area contributed by atoms with Crippen LogP contribution in [0.15, 0.2) is 30.6 Å². The Morgan fingerprint density at radius 3 is 2.62 bits per heavy atom. The molecule has 1 aromatic heterocycles. The second-order valence-corrected chi connectivity index (χ2v) is 6.57. The lowest BCUT2D eigenvalue weighted by molar-refractivity contribution is 0.272. The van der Waals surface area contributed by atoms with Crippen LogP contribution >= 0.6 is 0 Å². The minimum Gasteiger partial charge on any atom is -0.493 e. The molecule has 0 spiro atoms. The third-order valence-electron chi connectivity index (χ3n) is 4.01. The molecule has 0 aliphatic rings. The van der Waals surface area contributed by atoms with E-state index in [-0.39, 0.29) is 6.04 Å². The van der Waals surface area contributed by atoms with Gasteiger partial charge in [-0.15, -0.1) is 0 Å². The molecule has 1 aromatic carbocycles.